The Hall–Kier alpha value is -0.0800. The lowest BCUT2D eigenvalue weighted by atomic mass is 9.83. The number of nitrogens with two attached hydrogens (primary N) is 1. The van der Waals surface area contributed by atoms with Gasteiger partial charge in [-0.2, -0.15) is 0 Å². The molecule has 0 saturated carbocycles. The van der Waals surface area contributed by atoms with E-state index in [-0.39, 0.29) is 17.6 Å². The second-order valence-electron chi connectivity index (χ2n) is 4.69. The van der Waals surface area contributed by atoms with Crippen LogP contribution in [-0.2, 0) is 4.74 Å². The lowest BCUT2D eigenvalue weighted by Gasteiger charge is -2.34. The molecular weight excluding hydrogens is 162 g/mol. The lowest BCUT2D eigenvalue weighted by molar-refractivity contribution is -0.0291. The summed E-state index contributed by atoms with van der Waals surface area (Å²) in [6, 6.07) is 0.171. The normalized spacial score (nSPS) is 17.1. The third kappa shape index (κ3) is 4.63. The Balaban J connectivity index is 4.23. The molecule has 0 aromatic carbocycles. The summed E-state index contributed by atoms with van der Waals surface area (Å²) in [5, 5.41) is 0. The van der Waals surface area contributed by atoms with Gasteiger partial charge in [0.1, 0.15) is 0 Å². The van der Waals surface area contributed by atoms with Gasteiger partial charge in [0.15, 0.2) is 0 Å². The number of ether oxygens (including phenoxy) is 1. The molecule has 80 valence electrons. The van der Waals surface area contributed by atoms with Gasteiger partial charge in [-0.15, -0.1) is 0 Å². The average Bonchev–Trinajstić information content (AvgIpc) is 1.98. The molecule has 0 aliphatic heterocycles. The molecule has 2 heteroatoms. The monoisotopic (exact) mass is 187 g/mol. The Morgan fingerprint density at radius 2 is 1.77 bits per heavy atom. The van der Waals surface area contributed by atoms with Crippen LogP contribution in [0.3, 0.4) is 0 Å². The fourth-order valence-electron chi connectivity index (χ4n) is 1.68. The van der Waals surface area contributed by atoms with E-state index >= 15 is 0 Å². The van der Waals surface area contributed by atoms with Crippen molar-refractivity contribution in [2.45, 2.75) is 59.6 Å². The molecule has 0 rings (SSSR count). The summed E-state index contributed by atoms with van der Waals surface area (Å²) in [6.07, 6.45) is 2.35. The molecule has 2 nitrogen and oxygen atoms in total. The van der Waals surface area contributed by atoms with Crippen molar-refractivity contribution in [2.24, 2.45) is 11.1 Å². The van der Waals surface area contributed by atoms with Gasteiger partial charge in [0.2, 0.25) is 0 Å². The highest BCUT2D eigenvalue weighted by molar-refractivity contribution is 4.83. The van der Waals surface area contributed by atoms with E-state index in [1.165, 1.54) is 0 Å². The zero-order chi connectivity index (χ0) is 10.5. The molecule has 0 aromatic rings. The molecule has 0 amide bonds. The molecule has 0 radical (unpaired) electrons. The maximum absolute atomic E-state index is 6.08. The topological polar surface area (TPSA) is 35.2 Å². The van der Waals surface area contributed by atoms with Crippen molar-refractivity contribution in [1.82, 2.24) is 0 Å². The van der Waals surface area contributed by atoms with E-state index in [0.29, 0.717) is 0 Å². The molecule has 0 bridgehead atoms. The first-order chi connectivity index (χ1) is 5.93. The van der Waals surface area contributed by atoms with Gasteiger partial charge >= 0.3 is 0 Å². The summed E-state index contributed by atoms with van der Waals surface area (Å²) in [4.78, 5) is 0. The highest BCUT2D eigenvalue weighted by atomic mass is 16.5. The van der Waals surface area contributed by atoms with Crippen LogP contribution >= 0.6 is 0 Å². The minimum absolute atomic E-state index is 0.143. The highest BCUT2D eigenvalue weighted by Gasteiger charge is 2.29. The molecule has 2 N–H and O–H groups in total. The Morgan fingerprint density at radius 3 is 2.08 bits per heavy atom. The zero-order valence-corrected chi connectivity index (χ0v) is 9.76. The second-order valence-corrected chi connectivity index (χ2v) is 4.69. The molecule has 0 aliphatic rings. The molecule has 0 aromatic heterocycles. The average molecular weight is 187 g/mol. The molecule has 0 fully saturated rings. The van der Waals surface area contributed by atoms with Gasteiger partial charge in [-0.25, -0.2) is 0 Å². The fourth-order valence-corrected chi connectivity index (χ4v) is 1.68. The van der Waals surface area contributed by atoms with Crippen molar-refractivity contribution >= 4 is 0 Å². The van der Waals surface area contributed by atoms with E-state index in [1.54, 1.807) is 0 Å². The highest BCUT2D eigenvalue weighted by Crippen LogP contribution is 2.25. The van der Waals surface area contributed by atoms with Crippen LogP contribution in [0.5, 0.6) is 0 Å². The Bertz CT molecular complexity index is 129. The van der Waals surface area contributed by atoms with Crippen LogP contribution in [-0.4, -0.2) is 18.8 Å². The van der Waals surface area contributed by atoms with Gasteiger partial charge < -0.3 is 10.5 Å². The van der Waals surface area contributed by atoms with Crippen molar-refractivity contribution in [3.63, 3.8) is 0 Å². The van der Waals surface area contributed by atoms with Gasteiger partial charge in [-0.1, -0.05) is 34.1 Å². The van der Waals surface area contributed by atoms with Crippen molar-refractivity contribution in [2.75, 3.05) is 6.61 Å². The Morgan fingerprint density at radius 1 is 1.23 bits per heavy atom. The largest absolute Gasteiger partial charge is 0.376 e. The van der Waals surface area contributed by atoms with Crippen LogP contribution in [0.25, 0.3) is 0 Å². The maximum atomic E-state index is 6.08. The van der Waals surface area contributed by atoms with Gasteiger partial charge in [0.05, 0.1) is 6.10 Å². The minimum Gasteiger partial charge on any atom is -0.376 e. The summed E-state index contributed by atoms with van der Waals surface area (Å²) in [6.45, 7) is 11.5. The van der Waals surface area contributed by atoms with Crippen LogP contribution in [0.2, 0.25) is 0 Å². The van der Waals surface area contributed by atoms with E-state index in [1.807, 2.05) is 6.92 Å². The summed E-state index contributed by atoms with van der Waals surface area (Å²) < 4.78 is 5.70. The molecule has 0 spiro atoms. The first-order valence-corrected chi connectivity index (χ1v) is 5.30. The summed E-state index contributed by atoms with van der Waals surface area (Å²) in [5.74, 6) is 0. The first kappa shape index (κ1) is 12.9. The van der Waals surface area contributed by atoms with E-state index < -0.39 is 0 Å². The quantitative estimate of drug-likeness (QED) is 0.718. The number of hydrogen-bond donors (Lipinski definition) is 1. The predicted molar refractivity (Wildman–Crippen MR) is 57.8 cm³/mol. The Kier molecular flexibility index (Phi) is 5.57. The van der Waals surface area contributed by atoms with Crippen molar-refractivity contribution in [3.8, 4) is 0 Å². The van der Waals surface area contributed by atoms with Crippen LogP contribution < -0.4 is 5.73 Å². The lowest BCUT2D eigenvalue weighted by Crippen LogP contribution is -2.45. The summed E-state index contributed by atoms with van der Waals surface area (Å²) in [5.41, 5.74) is 6.22. The molecule has 0 aliphatic carbocycles. The minimum atomic E-state index is 0.143. The fraction of sp³-hybridized carbons (Fsp3) is 1.00. The van der Waals surface area contributed by atoms with E-state index in [2.05, 4.69) is 27.7 Å². The van der Waals surface area contributed by atoms with Crippen molar-refractivity contribution < 1.29 is 4.74 Å². The molecule has 0 heterocycles. The van der Waals surface area contributed by atoms with Crippen LogP contribution in [0.4, 0.5) is 0 Å². The molecule has 2 atom stereocenters. The molecule has 1 unspecified atom stereocenters. The smallest absolute Gasteiger partial charge is 0.0773 e. The van der Waals surface area contributed by atoms with Crippen LogP contribution in [0.1, 0.15) is 47.5 Å². The SMILES string of the molecule is CCC[C@@H](N)C(OCC)C(C)(C)C. The van der Waals surface area contributed by atoms with Gasteiger partial charge in [-0.3, -0.25) is 0 Å². The second kappa shape index (κ2) is 5.61. The summed E-state index contributed by atoms with van der Waals surface area (Å²) in [7, 11) is 0. The van der Waals surface area contributed by atoms with Gasteiger partial charge in [0, 0.05) is 12.6 Å². The van der Waals surface area contributed by atoms with Crippen molar-refractivity contribution in [3.05, 3.63) is 0 Å². The van der Waals surface area contributed by atoms with Gasteiger partial charge in [0.25, 0.3) is 0 Å². The predicted octanol–water partition coefficient (Wildman–Crippen LogP) is 2.57. The van der Waals surface area contributed by atoms with Crippen molar-refractivity contribution in [1.29, 1.82) is 0 Å². The van der Waals surface area contributed by atoms with Crippen LogP contribution in [0, 0.1) is 5.41 Å². The summed E-state index contributed by atoms with van der Waals surface area (Å²) >= 11 is 0. The van der Waals surface area contributed by atoms with Gasteiger partial charge in [-0.05, 0) is 18.8 Å². The standard InChI is InChI=1S/C11H25NO/c1-6-8-9(12)10(13-7-2)11(3,4)5/h9-10H,6-8,12H2,1-5H3/t9-,10?/m1/s1. The van der Waals surface area contributed by atoms with Crippen LogP contribution in [0.15, 0.2) is 0 Å². The third-order valence-electron chi connectivity index (χ3n) is 2.21. The molecule has 13 heavy (non-hydrogen) atoms. The maximum Gasteiger partial charge on any atom is 0.0773 e. The van der Waals surface area contributed by atoms with E-state index in [0.717, 1.165) is 19.4 Å². The number of hydrogen-bond acceptors (Lipinski definition) is 2. The number of rotatable bonds is 5. The molecule has 0 saturated heterocycles. The van der Waals surface area contributed by atoms with E-state index in [9.17, 15) is 0 Å². The third-order valence-corrected chi connectivity index (χ3v) is 2.21. The first-order valence-electron chi connectivity index (χ1n) is 5.30. The Labute approximate surface area is 82.8 Å². The van der Waals surface area contributed by atoms with E-state index in [4.69, 9.17) is 10.5 Å². The zero-order valence-electron chi connectivity index (χ0n) is 9.76. The molecular formula is C11H25NO.